The van der Waals surface area contributed by atoms with Crippen molar-refractivity contribution in [3.05, 3.63) is 17.5 Å². The van der Waals surface area contributed by atoms with Crippen LogP contribution in [0, 0.1) is 12.3 Å². The van der Waals surface area contributed by atoms with E-state index >= 15 is 0 Å². The predicted molar refractivity (Wildman–Crippen MR) is 91.5 cm³/mol. The van der Waals surface area contributed by atoms with Gasteiger partial charge in [0.25, 0.3) is 5.92 Å². The van der Waals surface area contributed by atoms with Gasteiger partial charge in [0.1, 0.15) is 0 Å². The first kappa shape index (κ1) is 18.8. The molecule has 2 aliphatic heterocycles. The molecule has 1 atom stereocenters. The molecule has 0 aliphatic carbocycles. The van der Waals surface area contributed by atoms with E-state index < -0.39 is 24.3 Å². The summed E-state index contributed by atoms with van der Waals surface area (Å²) in [5, 5.41) is 4.28. The van der Waals surface area contributed by atoms with Crippen molar-refractivity contribution in [2.24, 2.45) is 12.5 Å². The van der Waals surface area contributed by atoms with Crippen molar-refractivity contribution in [1.29, 1.82) is 0 Å². The first-order valence-electron chi connectivity index (χ1n) is 9.10. The highest BCUT2D eigenvalue weighted by Crippen LogP contribution is 2.45. The summed E-state index contributed by atoms with van der Waals surface area (Å²) < 4.78 is 30.5. The van der Waals surface area contributed by atoms with Crippen LogP contribution in [0.1, 0.15) is 44.0 Å². The van der Waals surface area contributed by atoms with E-state index in [1.807, 2.05) is 20.0 Å². The first-order chi connectivity index (χ1) is 12.2. The predicted octanol–water partition coefficient (Wildman–Crippen LogP) is 2.11. The van der Waals surface area contributed by atoms with Crippen molar-refractivity contribution in [3.8, 4) is 0 Å². The zero-order chi connectivity index (χ0) is 19.1. The number of aryl methyl sites for hydroxylation is 2. The quantitative estimate of drug-likeness (QED) is 0.821. The summed E-state index contributed by atoms with van der Waals surface area (Å²) in [6, 6.07) is 1.90. The van der Waals surface area contributed by atoms with Gasteiger partial charge in [-0.2, -0.15) is 5.10 Å². The van der Waals surface area contributed by atoms with Crippen LogP contribution in [0.2, 0.25) is 0 Å². The highest BCUT2D eigenvalue weighted by Gasteiger charge is 2.55. The highest BCUT2D eigenvalue weighted by molar-refractivity contribution is 5.85. The lowest BCUT2D eigenvalue weighted by Crippen LogP contribution is -2.61. The maximum atomic E-state index is 14.4. The lowest BCUT2D eigenvalue weighted by Gasteiger charge is -2.49. The number of piperidine rings is 2. The van der Waals surface area contributed by atoms with Gasteiger partial charge in [0.2, 0.25) is 11.8 Å². The molecule has 144 valence electrons. The Labute approximate surface area is 152 Å². The molecular formula is C18H26F2N4O2. The van der Waals surface area contributed by atoms with Crippen molar-refractivity contribution in [2.75, 3.05) is 19.6 Å². The molecule has 1 spiro atoms. The number of aromatic nitrogens is 2. The number of halogens is 2. The molecule has 26 heavy (non-hydrogen) atoms. The minimum atomic E-state index is -3.04. The topological polar surface area (TPSA) is 58.4 Å². The van der Waals surface area contributed by atoms with Gasteiger partial charge in [0.15, 0.2) is 0 Å². The standard InChI is InChI=1S/C18H26F2N4O2/c1-4-15(25)24-11-17(10-18(19,20)12-24)6-5-7-23(16(17)26)9-14-8-13(2)21-22(14)3/h8H,4-7,9-12H2,1-3H3/t17-/m1/s1. The van der Waals surface area contributed by atoms with E-state index in [2.05, 4.69) is 5.10 Å². The minimum Gasteiger partial charge on any atom is -0.336 e. The van der Waals surface area contributed by atoms with Crippen molar-refractivity contribution in [3.63, 3.8) is 0 Å². The number of carbonyl (C=O) groups excluding carboxylic acids is 2. The van der Waals surface area contributed by atoms with E-state index in [0.29, 0.717) is 25.9 Å². The SMILES string of the molecule is CCC(=O)N1CC(F)(F)C[C@]2(CCCN(Cc3cc(C)nn3C)C2=O)C1. The van der Waals surface area contributed by atoms with Crippen LogP contribution in [-0.4, -0.2) is 57.0 Å². The molecular weight excluding hydrogens is 342 g/mol. The third kappa shape index (κ3) is 3.46. The fourth-order valence-corrected chi connectivity index (χ4v) is 4.33. The summed E-state index contributed by atoms with van der Waals surface area (Å²) in [5.74, 6) is -3.63. The Kier molecular flexibility index (Phi) is 4.79. The van der Waals surface area contributed by atoms with E-state index in [-0.39, 0.29) is 24.8 Å². The molecule has 0 unspecified atom stereocenters. The van der Waals surface area contributed by atoms with Crippen LogP contribution in [0.3, 0.4) is 0 Å². The van der Waals surface area contributed by atoms with E-state index in [1.54, 1.807) is 16.5 Å². The number of hydrogen-bond donors (Lipinski definition) is 0. The van der Waals surface area contributed by atoms with Crippen LogP contribution in [0.25, 0.3) is 0 Å². The second-order valence-corrected chi connectivity index (χ2v) is 7.65. The Balaban J connectivity index is 1.85. The van der Waals surface area contributed by atoms with Gasteiger partial charge in [-0.05, 0) is 25.8 Å². The fourth-order valence-electron chi connectivity index (χ4n) is 4.33. The number of carbonyl (C=O) groups is 2. The van der Waals surface area contributed by atoms with Gasteiger partial charge in [0, 0.05) is 33.0 Å². The smallest absolute Gasteiger partial charge is 0.266 e. The highest BCUT2D eigenvalue weighted by atomic mass is 19.3. The van der Waals surface area contributed by atoms with E-state index in [9.17, 15) is 18.4 Å². The van der Waals surface area contributed by atoms with Gasteiger partial charge in [-0.15, -0.1) is 0 Å². The van der Waals surface area contributed by atoms with E-state index in [4.69, 9.17) is 0 Å². The van der Waals surface area contributed by atoms with Gasteiger partial charge in [0.05, 0.1) is 29.9 Å². The largest absolute Gasteiger partial charge is 0.336 e. The molecule has 3 heterocycles. The number of amides is 2. The lowest BCUT2D eigenvalue weighted by molar-refractivity contribution is -0.175. The molecule has 2 saturated heterocycles. The summed E-state index contributed by atoms with van der Waals surface area (Å²) in [7, 11) is 1.81. The van der Waals surface area contributed by atoms with Crippen LogP contribution in [0.5, 0.6) is 0 Å². The van der Waals surface area contributed by atoms with Crippen molar-refractivity contribution in [1.82, 2.24) is 19.6 Å². The number of nitrogens with zero attached hydrogens (tertiary/aromatic N) is 4. The molecule has 6 nitrogen and oxygen atoms in total. The molecule has 3 rings (SSSR count). The molecule has 0 aromatic carbocycles. The Morgan fingerprint density at radius 1 is 1.35 bits per heavy atom. The van der Waals surface area contributed by atoms with Gasteiger partial charge < -0.3 is 9.80 Å². The normalized spacial score (nSPS) is 25.8. The van der Waals surface area contributed by atoms with Gasteiger partial charge in [-0.25, -0.2) is 8.78 Å². The Morgan fingerprint density at radius 3 is 2.69 bits per heavy atom. The fraction of sp³-hybridized carbons (Fsp3) is 0.722. The second-order valence-electron chi connectivity index (χ2n) is 7.65. The van der Waals surface area contributed by atoms with Crippen LogP contribution < -0.4 is 0 Å². The van der Waals surface area contributed by atoms with Gasteiger partial charge in [-0.3, -0.25) is 14.3 Å². The third-order valence-electron chi connectivity index (χ3n) is 5.44. The molecule has 1 aromatic heterocycles. The molecule has 2 amide bonds. The Bertz CT molecular complexity index is 718. The summed E-state index contributed by atoms with van der Waals surface area (Å²) in [6.07, 6.45) is 0.744. The Morgan fingerprint density at radius 2 is 2.08 bits per heavy atom. The molecule has 1 aromatic rings. The van der Waals surface area contributed by atoms with Crippen molar-refractivity contribution >= 4 is 11.8 Å². The molecule has 2 aliphatic rings. The molecule has 0 saturated carbocycles. The van der Waals surface area contributed by atoms with Crippen LogP contribution >= 0.6 is 0 Å². The summed E-state index contributed by atoms with van der Waals surface area (Å²) in [4.78, 5) is 28.1. The monoisotopic (exact) mass is 368 g/mol. The van der Waals surface area contributed by atoms with Crippen LogP contribution in [0.4, 0.5) is 8.78 Å². The molecule has 0 bridgehead atoms. The summed E-state index contributed by atoms with van der Waals surface area (Å²) in [6.45, 7) is 3.92. The minimum absolute atomic E-state index is 0.0923. The zero-order valence-corrected chi connectivity index (χ0v) is 15.6. The van der Waals surface area contributed by atoms with Gasteiger partial charge in [-0.1, -0.05) is 6.92 Å². The molecule has 2 fully saturated rings. The maximum Gasteiger partial charge on any atom is 0.266 e. The van der Waals surface area contributed by atoms with Crippen LogP contribution in [-0.2, 0) is 23.2 Å². The number of alkyl halides is 2. The van der Waals surface area contributed by atoms with E-state index in [1.165, 1.54) is 4.90 Å². The van der Waals surface area contributed by atoms with Crippen LogP contribution in [0.15, 0.2) is 6.07 Å². The molecule has 0 N–H and O–H groups in total. The van der Waals surface area contributed by atoms with E-state index in [0.717, 1.165) is 11.4 Å². The number of hydrogen-bond acceptors (Lipinski definition) is 3. The number of likely N-dealkylation sites (tertiary alicyclic amines) is 2. The van der Waals surface area contributed by atoms with Crippen molar-refractivity contribution in [2.45, 2.75) is 52.0 Å². The molecule has 0 radical (unpaired) electrons. The van der Waals surface area contributed by atoms with Gasteiger partial charge >= 0.3 is 0 Å². The zero-order valence-electron chi connectivity index (χ0n) is 15.6. The summed E-state index contributed by atoms with van der Waals surface area (Å²) >= 11 is 0. The maximum absolute atomic E-state index is 14.4. The van der Waals surface area contributed by atoms with Crippen molar-refractivity contribution < 1.29 is 18.4 Å². The Hall–Kier alpha value is -1.99. The first-order valence-corrected chi connectivity index (χ1v) is 9.10. The average molecular weight is 368 g/mol. The second kappa shape index (κ2) is 6.63. The number of rotatable bonds is 3. The average Bonchev–Trinajstić information content (AvgIpc) is 2.87. The molecule has 8 heteroatoms. The third-order valence-corrected chi connectivity index (χ3v) is 5.44. The lowest BCUT2D eigenvalue weighted by atomic mass is 9.71. The summed E-state index contributed by atoms with van der Waals surface area (Å²) in [5.41, 5.74) is 0.543.